The minimum absolute atomic E-state index is 0. The number of benzene rings is 1. The largest absolute Gasteiger partial charge is 0.416 e. The third-order valence-corrected chi connectivity index (χ3v) is 4.59. The molecule has 1 aromatic rings. The quantitative estimate of drug-likeness (QED) is 0.797. The molecule has 0 unspecified atom stereocenters. The Morgan fingerprint density at radius 2 is 1.91 bits per heavy atom. The van der Waals surface area contributed by atoms with Gasteiger partial charge in [0.25, 0.3) is 0 Å². The summed E-state index contributed by atoms with van der Waals surface area (Å²) in [5.41, 5.74) is -0.993. The maximum Gasteiger partial charge on any atom is 0.416 e. The second-order valence-electron chi connectivity index (χ2n) is 4.45. The van der Waals surface area contributed by atoms with Crippen molar-refractivity contribution in [2.24, 2.45) is 0 Å². The second kappa shape index (κ2) is 8.35. The molecule has 0 saturated carbocycles. The first-order valence-corrected chi connectivity index (χ1v) is 8.04. The van der Waals surface area contributed by atoms with Gasteiger partial charge in [0.2, 0.25) is 10.0 Å². The molecule has 128 valence electrons. The summed E-state index contributed by atoms with van der Waals surface area (Å²) in [5, 5.41) is 2.54. The molecule has 0 bridgehead atoms. The van der Waals surface area contributed by atoms with Crippen LogP contribution in [0.25, 0.3) is 0 Å². The molecular formula is C12H17Cl2F3N2O2S. The summed E-state index contributed by atoms with van der Waals surface area (Å²) in [6, 6.07) is 2.03. The first-order chi connectivity index (χ1) is 9.58. The summed E-state index contributed by atoms with van der Waals surface area (Å²) in [6.07, 6.45) is -4.57. The number of halogens is 5. The summed E-state index contributed by atoms with van der Waals surface area (Å²) >= 11 is 5.66. The molecule has 0 aromatic heterocycles. The fourth-order valence-electron chi connectivity index (χ4n) is 1.63. The summed E-state index contributed by atoms with van der Waals surface area (Å²) in [7, 11) is -3.96. The van der Waals surface area contributed by atoms with Gasteiger partial charge in [-0.3, -0.25) is 0 Å². The fourth-order valence-corrected chi connectivity index (χ4v) is 3.30. The Balaban J connectivity index is 0.00000441. The number of sulfonamides is 1. The highest BCUT2D eigenvalue weighted by molar-refractivity contribution is 7.89. The number of nitrogens with one attached hydrogen (secondary N) is 2. The highest BCUT2D eigenvalue weighted by atomic mass is 35.5. The van der Waals surface area contributed by atoms with Gasteiger partial charge in [0.05, 0.1) is 10.6 Å². The molecule has 0 heterocycles. The molecule has 0 aliphatic rings. The molecule has 1 atom stereocenters. The van der Waals surface area contributed by atoms with E-state index in [2.05, 4.69) is 10.0 Å². The van der Waals surface area contributed by atoms with E-state index in [0.29, 0.717) is 18.7 Å². The van der Waals surface area contributed by atoms with E-state index in [0.717, 1.165) is 6.07 Å². The van der Waals surface area contributed by atoms with Crippen molar-refractivity contribution in [1.82, 2.24) is 10.0 Å². The Hall–Kier alpha value is -0.540. The van der Waals surface area contributed by atoms with Crippen LogP contribution in [0.3, 0.4) is 0 Å². The van der Waals surface area contributed by atoms with Gasteiger partial charge in [-0.25, -0.2) is 13.1 Å². The van der Waals surface area contributed by atoms with Crippen LogP contribution in [-0.4, -0.2) is 27.5 Å². The lowest BCUT2D eigenvalue weighted by molar-refractivity contribution is -0.137. The molecule has 10 heteroatoms. The van der Waals surface area contributed by atoms with Crippen LogP contribution in [0.15, 0.2) is 23.1 Å². The first-order valence-electron chi connectivity index (χ1n) is 6.17. The normalized spacial score (nSPS) is 13.5. The Labute approximate surface area is 138 Å². The molecule has 0 radical (unpaired) electrons. The maximum absolute atomic E-state index is 12.5. The van der Waals surface area contributed by atoms with Gasteiger partial charge < -0.3 is 5.32 Å². The van der Waals surface area contributed by atoms with Crippen molar-refractivity contribution in [3.05, 3.63) is 28.8 Å². The Morgan fingerprint density at radius 1 is 1.32 bits per heavy atom. The zero-order chi connectivity index (χ0) is 16.3. The molecule has 2 N–H and O–H groups in total. The van der Waals surface area contributed by atoms with Crippen LogP contribution in [0, 0.1) is 0 Å². The minimum Gasteiger partial charge on any atom is -0.313 e. The molecule has 22 heavy (non-hydrogen) atoms. The van der Waals surface area contributed by atoms with Crippen molar-refractivity contribution in [3.8, 4) is 0 Å². The summed E-state index contributed by atoms with van der Waals surface area (Å²) in [5.74, 6) is 0. The van der Waals surface area contributed by atoms with Crippen LogP contribution in [0.4, 0.5) is 13.2 Å². The van der Waals surface area contributed by atoms with Crippen molar-refractivity contribution in [2.45, 2.75) is 31.0 Å². The van der Waals surface area contributed by atoms with E-state index in [1.54, 1.807) is 6.92 Å². The molecule has 1 aromatic carbocycles. The standard InChI is InChI=1S/C12H16ClF3N2O2S.ClH/c1-3-17-8(2)7-18-21(19,20)11-5-4-9(6-10(11)13)12(14,15)16;/h4-6,8,17-18H,3,7H2,1-2H3;1H/t8-;/m1./s1. The van der Waals surface area contributed by atoms with Crippen molar-refractivity contribution in [1.29, 1.82) is 0 Å². The summed E-state index contributed by atoms with van der Waals surface area (Å²) < 4.78 is 63.8. The molecular weight excluding hydrogens is 364 g/mol. The van der Waals surface area contributed by atoms with Gasteiger partial charge in [-0.1, -0.05) is 18.5 Å². The SMILES string of the molecule is CCN[C@H](C)CNS(=O)(=O)c1ccc(C(F)(F)F)cc1Cl.Cl. The number of hydrogen-bond donors (Lipinski definition) is 2. The number of hydrogen-bond acceptors (Lipinski definition) is 3. The van der Waals surface area contributed by atoms with Crippen molar-refractivity contribution in [3.63, 3.8) is 0 Å². The zero-order valence-corrected chi connectivity index (χ0v) is 14.3. The third kappa shape index (κ3) is 5.92. The monoisotopic (exact) mass is 380 g/mol. The van der Waals surface area contributed by atoms with E-state index in [9.17, 15) is 21.6 Å². The fraction of sp³-hybridized carbons (Fsp3) is 0.500. The van der Waals surface area contributed by atoms with Crippen LogP contribution in [0.2, 0.25) is 5.02 Å². The molecule has 1 rings (SSSR count). The zero-order valence-electron chi connectivity index (χ0n) is 11.9. The molecule has 0 spiro atoms. The van der Waals surface area contributed by atoms with Crippen LogP contribution >= 0.6 is 24.0 Å². The van der Waals surface area contributed by atoms with Crippen molar-refractivity contribution in [2.75, 3.05) is 13.1 Å². The smallest absolute Gasteiger partial charge is 0.313 e. The van der Waals surface area contributed by atoms with Gasteiger partial charge in [0, 0.05) is 12.6 Å². The Bertz CT molecular complexity index is 595. The minimum atomic E-state index is -4.57. The van der Waals surface area contributed by atoms with Gasteiger partial charge >= 0.3 is 6.18 Å². The van der Waals surface area contributed by atoms with Gasteiger partial charge in [-0.05, 0) is 31.7 Å². The molecule has 4 nitrogen and oxygen atoms in total. The van der Waals surface area contributed by atoms with E-state index >= 15 is 0 Å². The number of alkyl halides is 3. The molecule has 0 aliphatic carbocycles. The third-order valence-electron chi connectivity index (χ3n) is 2.68. The van der Waals surface area contributed by atoms with E-state index in [1.807, 2.05) is 6.92 Å². The van der Waals surface area contributed by atoms with Gasteiger partial charge in [0.15, 0.2) is 0 Å². The average molecular weight is 381 g/mol. The second-order valence-corrected chi connectivity index (χ2v) is 6.60. The maximum atomic E-state index is 12.5. The molecule has 0 aliphatic heterocycles. The van der Waals surface area contributed by atoms with E-state index < -0.39 is 26.8 Å². The topological polar surface area (TPSA) is 58.2 Å². The van der Waals surface area contributed by atoms with Crippen molar-refractivity contribution >= 4 is 34.0 Å². The summed E-state index contributed by atoms with van der Waals surface area (Å²) in [4.78, 5) is -0.374. The van der Waals surface area contributed by atoms with E-state index in [1.165, 1.54) is 0 Å². The first kappa shape index (κ1) is 21.5. The predicted octanol–water partition coefficient (Wildman–Crippen LogP) is 3.06. The average Bonchev–Trinajstić information content (AvgIpc) is 2.35. The van der Waals surface area contributed by atoms with Crippen LogP contribution in [0.1, 0.15) is 19.4 Å². The molecule has 0 amide bonds. The number of likely N-dealkylation sites (N-methyl/N-ethyl adjacent to an activating group) is 1. The predicted molar refractivity (Wildman–Crippen MR) is 82.0 cm³/mol. The van der Waals surface area contributed by atoms with Crippen molar-refractivity contribution < 1.29 is 21.6 Å². The highest BCUT2D eigenvalue weighted by Crippen LogP contribution is 2.33. The number of rotatable bonds is 6. The van der Waals surface area contributed by atoms with Gasteiger partial charge in [-0.2, -0.15) is 13.2 Å². The molecule has 0 fully saturated rings. The Kier molecular flexibility index (Phi) is 8.15. The van der Waals surface area contributed by atoms with Crippen LogP contribution in [-0.2, 0) is 16.2 Å². The van der Waals surface area contributed by atoms with Crippen LogP contribution < -0.4 is 10.0 Å². The lowest BCUT2D eigenvalue weighted by Gasteiger charge is -2.15. The lowest BCUT2D eigenvalue weighted by atomic mass is 10.2. The lowest BCUT2D eigenvalue weighted by Crippen LogP contribution is -2.38. The van der Waals surface area contributed by atoms with E-state index in [-0.39, 0.29) is 29.9 Å². The van der Waals surface area contributed by atoms with Crippen LogP contribution in [0.5, 0.6) is 0 Å². The Morgan fingerprint density at radius 3 is 2.36 bits per heavy atom. The van der Waals surface area contributed by atoms with Gasteiger partial charge in [0.1, 0.15) is 4.90 Å². The molecule has 0 saturated heterocycles. The highest BCUT2D eigenvalue weighted by Gasteiger charge is 2.32. The summed E-state index contributed by atoms with van der Waals surface area (Å²) in [6.45, 7) is 4.43. The van der Waals surface area contributed by atoms with E-state index in [4.69, 9.17) is 11.6 Å². The van der Waals surface area contributed by atoms with Gasteiger partial charge in [-0.15, -0.1) is 12.4 Å².